The number of carboxylic acids is 1. The third-order valence-corrected chi connectivity index (χ3v) is 6.93. The van der Waals surface area contributed by atoms with Gasteiger partial charge in [-0.25, -0.2) is 19.6 Å². The molecular weight excluding hydrogens is 544 g/mol. The first-order valence-electron chi connectivity index (χ1n) is 13.9. The number of carbonyl (C=O) groups excluding carboxylic acids is 1. The van der Waals surface area contributed by atoms with E-state index in [0.717, 1.165) is 36.3 Å². The van der Waals surface area contributed by atoms with E-state index in [1.807, 2.05) is 69.3 Å². The number of aromatic nitrogens is 2. The first kappa shape index (κ1) is 30.1. The van der Waals surface area contributed by atoms with Crippen LogP contribution in [0.2, 0.25) is 5.02 Å². The molecule has 218 valence electrons. The molecule has 0 radical (unpaired) electrons. The zero-order valence-electron chi connectivity index (χ0n) is 23.7. The Hall–Kier alpha value is -3.85. The predicted molar refractivity (Wildman–Crippen MR) is 158 cm³/mol. The molecule has 3 aromatic rings. The highest BCUT2D eigenvalue weighted by Gasteiger charge is 2.29. The van der Waals surface area contributed by atoms with Crippen LogP contribution in [0.1, 0.15) is 73.3 Å². The minimum absolute atomic E-state index is 0.121. The third-order valence-electron chi connectivity index (χ3n) is 6.68. The summed E-state index contributed by atoms with van der Waals surface area (Å²) in [5, 5.41) is 13.2. The highest BCUT2D eigenvalue weighted by atomic mass is 35.5. The maximum Gasteiger partial charge on any atom is 0.407 e. The van der Waals surface area contributed by atoms with Gasteiger partial charge in [0.15, 0.2) is 0 Å². The maximum atomic E-state index is 11.9. The molecule has 2 aromatic carbocycles. The number of alkyl carbamates (subject to hydrolysis) is 1. The molecule has 1 atom stereocenters. The summed E-state index contributed by atoms with van der Waals surface area (Å²) < 4.78 is 11.0. The number of nitrogens with zero attached hydrogens (tertiary/aromatic N) is 3. The number of anilines is 1. The summed E-state index contributed by atoms with van der Waals surface area (Å²) in [5.41, 5.74) is 2.29. The smallest absolute Gasteiger partial charge is 0.407 e. The van der Waals surface area contributed by atoms with Crippen LogP contribution >= 0.6 is 11.6 Å². The fourth-order valence-electron chi connectivity index (χ4n) is 4.73. The van der Waals surface area contributed by atoms with Gasteiger partial charge in [0.25, 0.3) is 0 Å². The lowest BCUT2D eigenvalue weighted by Crippen LogP contribution is -2.33. The van der Waals surface area contributed by atoms with Crippen molar-refractivity contribution in [1.29, 1.82) is 0 Å². The van der Waals surface area contributed by atoms with Gasteiger partial charge in [0.05, 0.1) is 23.9 Å². The number of benzene rings is 2. The van der Waals surface area contributed by atoms with Gasteiger partial charge in [-0.15, -0.1) is 0 Å². The fraction of sp³-hybridized carbons (Fsp3) is 0.419. The molecule has 1 aliphatic rings. The monoisotopic (exact) mass is 580 g/mol. The number of carboxylic acid groups (broad SMARTS) is 1. The van der Waals surface area contributed by atoms with Gasteiger partial charge in [0, 0.05) is 24.3 Å². The molecule has 0 spiro atoms. The van der Waals surface area contributed by atoms with E-state index in [2.05, 4.69) is 15.2 Å². The normalized spacial score (nSPS) is 15.0. The number of aromatic carboxylic acids is 1. The number of nitrogens with one attached hydrogen (secondary N) is 1. The van der Waals surface area contributed by atoms with E-state index < -0.39 is 17.7 Å². The topological polar surface area (TPSA) is 114 Å². The van der Waals surface area contributed by atoms with Crippen molar-refractivity contribution >= 4 is 29.6 Å². The van der Waals surface area contributed by atoms with Crippen LogP contribution in [0.25, 0.3) is 0 Å². The van der Waals surface area contributed by atoms with Crippen molar-refractivity contribution in [3.63, 3.8) is 0 Å². The highest BCUT2D eigenvalue weighted by Crippen LogP contribution is 2.35. The highest BCUT2D eigenvalue weighted by molar-refractivity contribution is 6.30. The van der Waals surface area contributed by atoms with E-state index in [9.17, 15) is 14.7 Å². The van der Waals surface area contributed by atoms with Crippen LogP contribution in [0.4, 0.5) is 10.7 Å². The van der Waals surface area contributed by atoms with Crippen LogP contribution in [0.5, 0.6) is 5.75 Å². The van der Waals surface area contributed by atoms with Crippen LogP contribution < -0.4 is 15.0 Å². The van der Waals surface area contributed by atoms with E-state index in [1.54, 1.807) is 0 Å². The van der Waals surface area contributed by atoms with Crippen LogP contribution in [0.3, 0.4) is 0 Å². The molecule has 1 aromatic heterocycles. The van der Waals surface area contributed by atoms with Gasteiger partial charge in [-0.05, 0) is 88.3 Å². The second-order valence-corrected chi connectivity index (χ2v) is 11.4. The number of hydrogen-bond acceptors (Lipinski definition) is 7. The molecule has 1 saturated heterocycles. The van der Waals surface area contributed by atoms with Crippen molar-refractivity contribution in [2.45, 2.75) is 64.5 Å². The Kier molecular flexibility index (Phi) is 10.0. The Balaban J connectivity index is 1.32. The van der Waals surface area contributed by atoms with E-state index in [4.69, 9.17) is 26.1 Å². The van der Waals surface area contributed by atoms with Crippen LogP contribution in [-0.2, 0) is 17.6 Å². The molecule has 1 amide bonds. The summed E-state index contributed by atoms with van der Waals surface area (Å²) in [4.78, 5) is 34.9. The summed E-state index contributed by atoms with van der Waals surface area (Å²) >= 11 is 6.08. The van der Waals surface area contributed by atoms with Crippen LogP contribution in [-0.4, -0.2) is 52.4 Å². The lowest BCUT2D eigenvalue weighted by Gasteiger charge is -2.25. The summed E-state index contributed by atoms with van der Waals surface area (Å²) in [7, 11) is 0. The second kappa shape index (κ2) is 13.7. The minimum Gasteiger partial charge on any atom is -0.494 e. The SMILES string of the molecule is CC(C)(C)OC(=O)NCCCOc1ccc(CCc2nc(N3CCCC3c3ccc(Cl)cc3)ncc2C(=O)O)cc1. The molecule has 1 unspecified atom stereocenters. The van der Waals surface area contributed by atoms with E-state index in [0.29, 0.717) is 49.1 Å². The van der Waals surface area contributed by atoms with Crippen molar-refractivity contribution in [3.8, 4) is 5.75 Å². The first-order valence-corrected chi connectivity index (χ1v) is 14.3. The molecule has 41 heavy (non-hydrogen) atoms. The molecular formula is C31H37ClN4O5. The molecule has 10 heteroatoms. The van der Waals surface area contributed by atoms with Crippen LogP contribution in [0.15, 0.2) is 54.7 Å². The van der Waals surface area contributed by atoms with Gasteiger partial charge in [0.2, 0.25) is 5.95 Å². The number of aryl methyl sites for hydroxylation is 2. The number of ether oxygens (including phenoxy) is 2. The van der Waals surface area contributed by atoms with Crippen LogP contribution in [0, 0.1) is 0 Å². The standard InChI is InChI=1S/C31H37ClN4O5/c1-31(2,3)41-30(39)33-17-5-19-40-24-14-7-21(8-15-24)9-16-26-25(28(37)38)20-34-29(35-26)36-18-4-6-27(36)22-10-12-23(32)13-11-22/h7-8,10-15,20,27H,4-6,9,16-19H2,1-3H3,(H,33,39)(H,37,38). The Morgan fingerprint density at radius 3 is 2.51 bits per heavy atom. The fourth-order valence-corrected chi connectivity index (χ4v) is 4.86. The van der Waals surface area contributed by atoms with Crippen molar-refractivity contribution in [3.05, 3.63) is 82.1 Å². The summed E-state index contributed by atoms with van der Waals surface area (Å²) in [5.74, 6) is 0.239. The summed E-state index contributed by atoms with van der Waals surface area (Å²) in [6.07, 6.45) is 4.68. The molecule has 1 aliphatic heterocycles. The zero-order valence-corrected chi connectivity index (χ0v) is 24.5. The molecule has 2 heterocycles. The first-order chi connectivity index (χ1) is 19.6. The number of amides is 1. The van der Waals surface area contributed by atoms with Crippen molar-refractivity contribution in [2.75, 3.05) is 24.6 Å². The van der Waals surface area contributed by atoms with Crippen molar-refractivity contribution < 1.29 is 24.2 Å². The Morgan fingerprint density at radius 2 is 1.83 bits per heavy atom. The summed E-state index contributed by atoms with van der Waals surface area (Å²) in [6, 6.07) is 15.6. The Labute approximate surface area is 245 Å². The van der Waals surface area contributed by atoms with Gasteiger partial charge in [-0.2, -0.15) is 0 Å². The Morgan fingerprint density at radius 1 is 1.10 bits per heavy atom. The van der Waals surface area contributed by atoms with E-state index in [1.165, 1.54) is 6.20 Å². The van der Waals surface area contributed by atoms with Gasteiger partial charge >= 0.3 is 12.1 Å². The molecule has 0 aliphatic carbocycles. The number of carbonyl (C=O) groups is 2. The number of halogens is 1. The minimum atomic E-state index is -1.04. The Bertz CT molecular complexity index is 1330. The quantitative estimate of drug-likeness (QED) is 0.256. The lowest BCUT2D eigenvalue weighted by molar-refractivity contribution is 0.0524. The maximum absolute atomic E-state index is 11.9. The van der Waals surface area contributed by atoms with Crippen molar-refractivity contribution in [2.24, 2.45) is 0 Å². The van der Waals surface area contributed by atoms with Crippen molar-refractivity contribution in [1.82, 2.24) is 15.3 Å². The van der Waals surface area contributed by atoms with Gasteiger partial charge in [-0.1, -0.05) is 35.9 Å². The third kappa shape index (κ3) is 8.82. The molecule has 2 N–H and O–H groups in total. The van der Waals surface area contributed by atoms with Gasteiger partial charge in [0.1, 0.15) is 11.4 Å². The average Bonchev–Trinajstić information content (AvgIpc) is 3.41. The molecule has 1 fully saturated rings. The zero-order chi connectivity index (χ0) is 29.4. The molecule has 0 saturated carbocycles. The molecule has 4 rings (SSSR count). The molecule has 0 bridgehead atoms. The largest absolute Gasteiger partial charge is 0.494 e. The lowest BCUT2D eigenvalue weighted by atomic mass is 10.0. The van der Waals surface area contributed by atoms with E-state index >= 15 is 0 Å². The van der Waals surface area contributed by atoms with Gasteiger partial charge in [-0.3, -0.25) is 0 Å². The number of rotatable bonds is 11. The van der Waals surface area contributed by atoms with Gasteiger partial charge < -0.3 is 24.8 Å². The predicted octanol–water partition coefficient (Wildman–Crippen LogP) is 6.25. The second-order valence-electron chi connectivity index (χ2n) is 11.0. The average molecular weight is 581 g/mol. The molecule has 9 nitrogen and oxygen atoms in total. The number of hydrogen-bond donors (Lipinski definition) is 2. The van der Waals surface area contributed by atoms with E-state index in [-0.39, 0.29) is 11.6 Å². The summed E-state index contributed by atoms with van der Waals surface area (Å²) in [6.45, 7) is 7.18.